The molecule has 1 heterocycles. The third-order valence-electron chi connectivity index (χ3n) is 3.34. The highest BCUT2D eigenvalue weighted by Gasteiger charge is 2.18. The second-order valence-electron chi connectivity index (χ2n) is 5.01. The summed E-state index contributed by atoms with van der Waals surface area (Å²) in [5.41, 5.74) is 4.25. The number of hydrogen-bond donors (Lipinski definition) is 0. The molecule has 0 saturated carbocycles. The lowest BCUT2D eigenvalue weighted by molar-refractivity contribution is 0.879. The van der Waals surface area contributed by atoms with Gasteiger partial charge in [0.2, 0.25) is 0 Å². The SMILES string of the molecule is Cc1ccc2nc(C(C)Cl)n(-c3cc(Br)ccc3Br)c2c1. The Morgan fingerprint density at radius 2 is 1.90 bits per heavy atom. The fourth-order valence-electron chi connectivity index (χ4n) is 2.38. The highest BCUT2D eigenvalue weighted by atomic mass is 79.9. The molecule has 0 amide bonds. The van der Waals surface area contributed by atoms with Crippen LogP contribution in [0.3, 0.4) is 0 Å². The molecule has 0 aliphatic carbocycles. The van der Waals surface area contributed by atoms with Crippen LogP contribution in [0, 0.1) is 6.92 Å². The number of aryl methyl sites for hydroxylation is 1. The number of halogens is 3. The number of aromatic nitrogens is 2. The molecule has 1 atom stereocenters. The Morgan fingerprint density at radius 3 is 2.62 bits per heavy atom. The number of rotatable bonds is 2. The summed E-state index contributed by atoms with van der Waals surface area (Å²) in [5.74, 6) is 0.844. The number of imidazole rings is 1. The molecule has 1 unspecified atom stereocenters. The molecule has 2 nitrogen and oxygen atoms in total. The zero-order valence-corrected chi connectivity index (χ0v) is 15.5. The van der Waals surface area contributed by atoms with E-state index in [0.717, 1.165) is 31.5 Å². The van der Waals surface area contributed by atoms with Crippen molar-refractivity contribution in [3.05, 3.63) is 56.7 Å². The first-order valence-electron chi connectivity index (χ1n) is 6.56. The molecule has 0 bridgehead atoms. The number of benzene rings is 2. The largest absolute Gasteiger partial charge is 0.294 e. The normalized spacial score (nSPS) is 12.8. The Bertz CT molecular complexity index is 825. The molecule has 3 aromatic rings. The summed E-state index contributed by atoms with van der Waals surface area (Å²) >= 11 is 13.5. The summed E-state index contributed by atoms with van der Waals surface area (Å²) in [7, 11) is 0. The van der Waals surface area contributed by atoms with Crippen molar-refractivity contribution in [3.8, 4) is 5.69 Å². The van der Waals surface area contributed by atoms with Crippen molar-refractivity contribution in [2.45, 2.75) is 19.2 Å². The predicted octanol–water partition coefficient (Wildman–Crippen LogP) is 6.16. The molecule has 0 radical (unpaired) electrons. The van der Waals surface area contributed by atoms with E-state index in [1.54, 1.807) is 0 Å². The van der Waals surface area contributed by atoms with Gasteiger partial charge in [-0.15, -0.1) is 11.6 Å². The van der Waals surface area contributed by atoms with Gasteiger partial charge in [0.15, 0.2) is 0 Å². The van der Waals surface area contributed by atoms with Gasteiger partial charge in [-0.1, -0.05) is 22.0 Å². The van der Waals surface area contributed by atoms with Gasteiger partial charge in [0.1, 0.15) is 5.82 Å². The summed E-state index contributed by atoms with van der Waals surface area (Å²) in [6, 6.07) is 12.3. The smallest absolute Gasteiger partial charge is 0.132 e. The van der Waals surface area contributed by atoms with E-state index >= 15 is 0 Å². The summed E-state index contributed by atoms with van der Waals surface area (Å²) in [6.45, 7) is 4.02. The quantitative estimate of drug-likeness (QED) is 0.447. The first-order chi connectivity index (χ1) is 9.97. The van der Waals surface area contributed by atoms with Gasteiger partial charge in [-0.2, -0.15) is 0 Å². The van der Waals surface area contributed by atoms with Gasteiger partial charge in [-0.3, -0.25) is 4.57 Å². The van der Waals surface area contributed by atoms with Crippen LogP contribution < -0.4 is 0 Å². The summed E-state index contributed by atoms with van der Waals surface area (Å²) < 4.78 is 4.14. The molecule has 1 aromatic heterocycles. The van der Waals surface area contributed by atoms with Crippen molar-refractivity contribution in [2.75, 3.05) is 0 Å². The first-order valence-corrected chi connectivity index (χ1v) is 8.58. The Labute approximate surface area is 145 Å². The van der Waals surface area contributed by atoms with E-state index < -0.39 is 0 Å². The van der Waals surface area contributed by atoms with Gasteiger partial charge >= 0.3 is 0 Å². The molecule has 0 fully saturated rings. The van der Waals surface area contributed by atoms with E-state index in [-0.39, 0.29) is 5.38 Å². The van der Waals surface area contributed by atoms with Crippen LogP contribution in [0.25, 0.3) is 16.7 Å². The highest BCUT2D eigenvalue weighted by molar-refractivity contribution is 9.11. The van der Waals surface area contributed by atoms with Crippen LogP contribution in [0.4, 0.5) is 0 Å². The van der Waals surface area contributed by atoms with Gasteiger partial charge < -0.3 is 0 Å². The molecule has 21 heavy (non-hydrogen) atoms. The standard InChI is InChI=1S/C16H13Br2ClN2/c1-9-3-6-13-15(7-9)21(16(20-13)10(2)19)14-8-11(17)4-5-12(14)18/h3-8,10H,1-2H3. The Balaban J connectivity index is 2.41. The van der Waals surface area contributed by atoms with Gasteiger partial charge in [0, 0.05) is 8.95 Å². The number of alkyl halides is 1. The molecule has 0 aliphatic heterocycles. The van der Waals surface area contributed by atoms with Crippen LogP contribution in [0.2, 0.25) is 0 Å². The van der Waals surface area contributed by atoms with Crippen molar-refractivity contribution in [3.63, 3.8) is 0 Å². The third kappa shape index (κ3) is 2.77. The maximum atomic E-state index is 6.35. The van der Waals surface area contributed by atoms with Crippen LogP contribution in [0.5, 0.6) is 0 Å². The topological polar surface area (TPSA) is 17.8 Å². The molecule has 0 spiro atoms. The zero-order chi connectivity index (χ0) is 15.1. The number of nitrogens with zero attached hydrogens (tertiary/aromatic N) is 2. The van der Waals surface area contributed by atoms with Crippen LogP contribution in [-0.2, 0) is 0 Å². The average molecular weight is 429 g/mol. The zero-order valence-electron chi connectivity index (χ0n) is 11.6. The minimum atomic E-state index is -0.177. The van der Waals surface area contributed by atoms with Gasteiger partial charge in [0.05, 0.1) is 22.1 Å². The Hall–Kier alpha value is -0.840. The van der Waals surface area contributed by atoms with Crippen molar-refractivity contribution in [1.29, 1.82) is 0 Å². The molecular weight excluding hydrogens is 415 g/mol. The molecule has 108 valence electrons. The Morgan fingerprint density at radius 1 is 1.14 bits per heavy atom. The summed E-state index contributed by atoms with van der Waals surface area (Å²) in [5, 5.41) is -0.177. The minimum Gasteiger partial charge on any atom is -0.294 e. The van der Waals surface area contributed by atoms with E-state index in [2.05, 4.69) is 61.5 Å². The highest BCUT2D eigenvalue weighted by Crippen LogP contribution is 2.33. The van der Waals surface area contributed by atoms with Crippen LogP contribution in [0.1, 0.15) is 23.7 Å². The van der Waals surface area contributed by atoms with Crippen molar-refractivity contribution >= 4 is 54.5 Å². The second kappa shape index (κ2) is 5.75. The third-order valence-corrected chi connectivity index (χ3v) is 4.70. The summed E-state index contributed by atoms with van der Waals surface area (Å²) in [6.07, 6.45) is 0. The lowest BCUT2D eigenvalue weighted by atomic mass is 10.2. The molecular formula is C16H13Br2ClN2. The minimum absolute atomic E-state index is 0.177. The fourth-order valence-corrected chi connectivity index (χ4v) is 3.30. The van der Waals surface area contributed by atoms with E-state index in [4.69, 9.17) is 16.6 Å². The van der Waals surface area contributed by atoms with Gasteiger partial charge in [0.25, 0.3) is 0 Å². The molecule has 2 aromatic carbocycles. The van der Waals surface area contributed by atoms with E-state index in [9.17, 15) is 0 Å². The van der Waals surface area contributed by atoms with E-state index in [0.29, 0.717) is 0 Å². The predicted molar refractivity (Wildman–Crippen MR) is 95.5 cm³/mol. The number of hydrogen-bond acceptors (Lipinski definition) is 1. The van der Waals surface area contributed by atoms with Crippen molar-refractivity contribution in [2.24, 2.45) is 0 Å². The molecule has 0 aliphatic rings. The first kappa shape index (κ1) is 15.1. The lowest BCUT2D eigenvalue weighted by Crippen LogP contribution is -2.03. The van der Waals surface area contributed by atoms with Crippen LogP contribution >= 0.6 is 43.5 Å². The molecule has 0 N–H and O–H groups in total. The maximum Gasteiger partial charge on any atom is 0.132 e. The van der Waals surface area contributed by atoms with Crippen LogP contribution in [0.15, 0.2) is 45.3 Å². The molecule has 5 heteroatoms. The van der Waals surface area contributed by atoms with Crippen molar-refractivity contribution < 1.29 is 0 Å². The average Bonchev–Trinajstić information content (AvgIpc) is 2.80. The van der Waals surface area contributed by atoms with E-state index in [1.165, 1.54) is 5.56 Å². The Kier molecular flexibility index (Phi) is 4.12. The van der Waals surface area contributed by atoms with Crippen LogP contribution in [-0.4, -0.2) is 9.55 Å². The fraction of sp³-hybridized carbons (Fsp3) is 0.188. The summed E-state index contributed by atoms with van der Waals surface area (Å²) in [4.78, 5) is 4.70. The van der Waals surface area contributed by atoms with Gasteiger partial charge in [-0.05, 0) is 65.7 Å². The monoisotopic (exact) mass is 426 g/mol. The lowest BCUT2D eigenvalue weighted by Gasteiger charge is -2.13. The second-order valence-corrected chi connectivity index (χ2v) is 7.43. The number of fused-ring (bicyclic) bond motifs is 1. The maximum absolute atomic E-state index is 6.35. The van der Waals surface area contributed by atoms with Crippen molar-refractivity contribution in [1.82, 2.24) is 9.55 Å². The molecule has 0 saturated heterocycles. The molecule has 3 rings (SSSR count). The van der Waals surface area contributed by atoms with Gasteiger partial charge in [-0.25, -0.2) is 4.98 Å². The van der Waals surface area contributed by atoms with E-state index in [1.807, 2.05) is 25.1 Å².